The van der Waals surface area contributed by atoms with Gasteiger partial charge in [-0.2, -0.15) is 5.10 Å². The first-order chi connectivity index (χ1) is 6.09. The van der Waals surface area contributed by atoms with Gasteiger partial charge in [0.25, 0.3) is 0 Å². The summed E-state index contributed by atoms with van der Waals surface area (Å²) in [7, 11) is 5.27. The third kappa shape index (κ3) is 2.74. The first-order valence-corrected chi connectivity index (χ1v) is 3.97. The van der Waals surface area contributed by atoms with Gasteiger partial charge < -0.3 is 4.90 Å². The molecule has 1 heterocycles. The predicted molar refractivity (Wildman–Crippen MR) is 50.9 cm³/mol. The third-order valence-electron chi connectivity index (χ3n) is 1.58. The van der Waals surface area contributed by atoms with E-state index in [0.717, 1.165) is 5.56 Å². The van der Waals surface area contributed by atoms with Crippen molar-refractivity contribution in [3.8, 4) is 0 Å². The van der Waals surface area contributed by atoms with E-state index in [4.69, 9.17) is 0 Å². The molecule has 0 saturated carbocycles. The first kappa shape index (κ1) is 9.51. The van der Waals surface area contributed by atoms with E-state index in [1.807, 2.05) is 13.2 Å². The number of amides is 1. The number of likely N-dealkylation sites (N-methyl/N-ethyl adjacent to an activating group) is 1. The maximum Gasteiger partial charge on any atom is 0.246 e. The van der Waals surface area contributed by atoms with Crippen LogP contribution in [0.5, 0.6) is 0 Å². The van der Waals surface area contributed by atoms with Crippen LogP contribution in [-0.2, 0) is 11.8 Å². The van der Waals surface area contributed by atoms with Crippen LogP contribution in [0.2, 0.25) is 0 Å². The van der Waals surface area contributed by atoms with Gasteiger partial charge in [-0.05, 0) is 6.08 Å². The summed E-state index contributed by atoms with van der Waals surface area (Å²) in [6.45, 7) is 0. The molecule has 13 heavy (non-hydrogen) atoms. The summed E-state index contributed by atoms with van der Waals surface area (Å²) >= 11 is 0. The average molecular weight is 179 g/mol. The Morgan fingerprint density at radius 3 is 2.77 bits per heavy atom. The lowest BCUT2D eigenvalue weighted by molar-refractivity contribution is -0.123. The quantitative estimate of drug-likeness (QED) is 0.621. The van der Waals surface area contributed by atoms with Gasteiger partial charge in [0, 0.05) is 39.0 Å². The molecule has 1 amide bonds. The SMILES string of the molecule is CN(C)C(=O)C=Cc1cnn(C)c1. The molecule has 0 aliphatic rings. The summed E-state index contributed by atoms with van der Waals surface area (Å²) in [6, 6.07) is 0. The molecule has 0 bridgehead atoms. The van der Waals surface area contributed by atoms with Crippen molar-refractivity contribution >= 4 is 12.0 Å². The van der Waals surface area contributed by atoms with Crippen molar-refractivity contribution in [3.63, 3.8) is 0 Å². The minimum absolute atomic E-state index is 0.0242. The predicted octanol–water partition coefficient (Wildman–Crippen LogP) is 0.521. The van der Waals surface area contributed by atoms with Crippen LogP contribution in [0.25, 0.3) is 6.08 Å². The molecule has 0 fully saturated rings. The molecule has 0 aromatic carbocycles. The Morgan fingerprint density at radius 1 is 1.62 bits per heavy atom. The molecule has 0 aliphatic heterocycles. The zero-order chi connectivity index (χ0) is 9.84. The lowest BCUT2D eigenvalue weighted by Gasteiger charge is -2.04. The minimum Gasteiger partial charge on any atom is -0.345 e. The highest BCUT2D eigenvalue weighted by Crippen LogP contribution is 1.99. The molecular formula is C9H13N3O. The average Bonchev–Trinajstić information content (AvgIpc) is 2.47. The second-order valence-electron chi connectivity index (χ2n) is 3.01. The monoisotopic (exact) mass is 179 g/mol. The molecule has 1 rings (SSSR count). The zero-order valence-corrected chi connectivity index (χ0v) is 8.06. The van der Waals surface area contributed by atoms with Gasteiger partial charge in [0.15, 0.2) is 0 Å². The lowest BCUT2D eigenvalue weighted by Crippen LogP contribution is -2.18. The summed E-state index contributed by atoms with van der Waals surface area (Å²) in [5.74, 6) is -0.0242. The van der Waals surface area contributed by atoms with E-state index in [1.165, 1.54) is 11.0 Å². The second kappa shape index (κ2) is 3.89. The van der Waals surface area contributed by atoms with Crippen molar-refractivity contribution in [2.45, 2.75) is 0 Å². The number of carbonyl (C=O) groups excluding carboxylic acids is 1. The summed E-state index contributed by atoms with van der Waals surface area (Å²) in [5, 5.41) is 3.98. The summed E-state index contributed by atoms with van der Waals surface area (Å²) in [4.78, 5) is 12.7. The lowest BCUT2D eigenvalue weighted by atomic mass is 10.3. The fourth-order valence-electron chi connectivity index (χ4n) is 0.843. The Labute approximate surface area is 77.5 Å². The fourth-order valence-corrected chi connectivity index (χ4v) is 0.843. The Balaban J connectivity index is 2.64. The minimum atomic E-state index is -0.0242. The second-order valence-corrected chi connectivity index (χ2v) is 3.01. The van der Waals surface area contributed by atoms with Gasteiger partial charge >= 0.3 is 0 Å². The Morgan fingerprint density at radius 2 is 2.31 bits per heavy atom. The Bertz CT molecular complexity index is 325. The Hall–Kier alpha value is -1.58. The highest BCUT2D eigenvalue weighted by molar-refractivity contribution is 5.91. The van der Waals surface area contributed by atoms with Crippen molar-refractivity contribution in [1.82, 2.24) is 14.7 Å². The summed E-state index contributed by atoms with van der Waals surface area (Å²) in [6.07, 6.45) is 6.82. The topological polar surface area (TPSA) is 38.1 Å². The van der Waals surface area contributed by atoms with Gasteiger partial charge in [0.05, 0.1) is 6.20 Å². The van der Waals surface area contributed by atoms with Crippen LogP contribution in [0.3, 0.4) is 0 Å². The molecule has 0 aliphatic carbocycles. The van der Waals surface area contributed by atoms with E-state index in [0.29, 0.717) is 0 Å². The molecule has 0 spiro atoms. The largest absolute Gasteiger partial charge is 0.345 e. The van der Waals surface area contributed by atoms with Crippen LogP contribution < -0.4 is 0 Å². The van der Waals surface area contributed by atoms with E-state index >= 15 is 0 Å². The molecule has 0 atom stereocenters. The molecule has 1 aromatic rings. The van der Waals surface area contributed by atoms with Crippen molar-refractivity contribution < 1.29 is 4.79 Å². The fraction of sp³-hybridized carbons (Fsp3) is 0.333. The molecule has 0 radical (unpaired) electrons. The maximum absolute atomic E-state index is 11.1. The first-order valence-electron chi connectivity index (χ1n) is 3.97. The molecule has 0 unspecified atom stereocenters. The molecule has 0 N–H and O–H groups in total. The number of rotatable bonds is 2. The van der Waals surface area contributed by atoms with E-state index in [2.05, 4.69) is 5.10 Å². The molecule has 4 heteroatoms. The highest BCUT2D eigenvalue weighted by Gasteiger charge is 1.97. The molecular weight excluding hydrogens is 166 g/mol. The number of aryl methyl sites for hydroxylation is 1. The van der Waals surface area contributed by atoms with Crippen molar-refractivity contribution in [2.75, 3.05) is 14.1 Å². The normalized spacial score (nSPS) is 10.7. The van der Waals surface area contributed by atoms with E-state index < -0.39 is 0 Å². The molecule has 4 nitrogen and oxygen atoms in total. The molecule has 1 aromatic heterocycles. The van der Waals surface area contributed by atoms with Gasteiger partial charge in [0.2, 0.25) is 5.91 Å². The van der Waals surface area contributed by atoms with Crippen molar-refractivity contribution in [1.29, 1.82) is 0 Å². The van der Waals surface area contributed by atoms with Crippen LogP contribution in [0, 0.1) is 0 Å². The van der Waals surface area contributed by atoms with Crippen molar-refractivity contribution in [2.24, 2.45) is 7.05 Å². The van der Waals surface area contributed by atoms with Gasteiger partial charge in [-0.3, -0.25) is 9.48 Å². The van der Waals surface area contributed by atoms with E-state index in [1.54, 1.807) is 31.1 Å². The van der Waals surface area contributed by atoms with Crippen LogP contribution in [0.4, 0.5) is 0 Å². The number of hydrogen-bond donors (Lipinski definition) is 0. The van der Waals surface area contributed by atoms with Gasteiger partial charge in [-0.25, -0.2) is 0 Å². The standard InChI is InChI=1S/C9H13N3O/c1-11(2)9(13)5-4-8-6-10-12(3)7-8/h4-7H,1-3H3. The number of aromatic nitrogens is 2. The number of hydrogen-bond acceptors (Lipinski definition) is 2. The van der Waals surface area contributed by atoms with E-state index in [-0.39, 0.29) is 5.91 Å². The number of nitrogens with zero attached hydrogens (tertiary/aromatic N) is 3. The number of carbonyl (C=O) groups is 1. The maximum atomic E-state index is 11.1. The van der Waals surface area contributed by atoms with Crippen LogP contribution in [-0.4, -0.2) is 34.7 Å². The third-order valence-corrected chi connectivity index (χ3v) is 1.58. The van der Waals surface area contributed by atoms with Crippen LogP contribution >= 0.6 is 0 Å². The zero-order valence-electron chi connectivity index (χ0n) is 8.06. The van der Waals surface area contributed by atoms with Gasteiger partial charge in [-0.1, -0.05) is 0 Å². The summed E-state index contributed by atoms with van der Waals surface area (Å²) < 4.78 is 1.69. The smallest absolute Gasteiger partial charge is 0.246 e. The van der Waals surface area contributed by atoms with E-state index in [9.17, 15) is 4.79 Å². The summed E-state index contributed by atoms with van der Waals surface area (Å²) in [5.41, 5.74) is 0.928. The van der Waals surface area contributed by atoms with Crippen LogP contribution in [0.1, 0.15) is 5.56 Å². The Kier molecular flexibility index (Phi) is 2.84. The van der Waals surface area contributed by atoms with Gasteiger partial charge in [0.1, 0.15) is 0 Å². The highest BCUT2D eigenvalue weighted by atomic mass is 16.2. The van der Waals surface area contributed by atoms with Gasteiger partial charge in [-0.15, -0.1) is 0 Å². The molecule has 70 valence electrons. The van der Waals surface area contributed by atoms with Crippen LogP contribution in [0.15, 0.2) is 18.5 Å². The molecule has 0 saturated heterocycles. The van der Waals surface area contributed by atoms with Crippen molar-refractivity contribution in [3.05, 3.63) is 24.0 Å².